The lowest BCUT2D eigenvalue weighted by atomic mass is 10.0. The quantitative estimate of drug-likeness (QED) is 0.638. The van der Waals surface area contributed by atoms with Gasteiger partial charge in [-0.3, -0.25) is 9.88 Å². The summed E-state index contributed by atoms with van der Waals surface area (Å²) >= 11 is 0. The molecule has 1 atom stereocenters. The van der Waals surface area contributed by atoms with Crippen LogP contribution in [0, 0.1) is 12.7 Å². The number of nitrogens with zero attached hydrogens (tertiary/aromatic N) is 4. The predicted octanol–water partition coefficient (Wildman–Crippen LogP) is 2.88. The Bertz CT molecular complexity index is 1080. The number of halogens is 1. The van der Waals surface area contributed by atoms with Crippen LogP contribution in [-0.2, 0) is 16.8 Å². The fourth-order valence-corrected chi connectivity index (χ4v) is 4.89. The molecule has 2 heterocycles. The highest BCUT2D eigenvalue weighted by atomic mass is 32.2. The zero-order chi connectivity index (χ0) is 24.2. The standard InChI is InChI=1S/C22H31FN6O3S/c1-16-7-8-19(13-24-16)25-22(30)26-20-11-17(10-18(23)12-20)14-29-9-5-6-21(15-29)28(4)33(31,32)27(2)3/h7-8,10-13,21H,5-6,9,14-15H2,1-4H3,(H2,25,26,30). The number of aromatic nitrogens is 1. The summed E-state index contributed by atoms with van der Waals surface area (Å²) in [5, 5.41) is 5.32. The van der Waals surface area contributed by atoms with Crippen molar-refractivity contribution in [1.82, 2.24) is 18.5 Å². The largest absolute Gasteiger partial charge is 0.323 e. The molecule has 180 valence electrons. The van der Waals surface area contributed by atoms with Crippen molar-refractivity contribution in [3.63, 3.8) is 0 Å². The topological polar surface area (TPSA) is 97.9 Å². The van der Waals surface area contributed by atoms with Crippen LogP contribution in [0.5, 0.6) is 0 Å². The van der Waals surface area contributed by atoms with Gasteiger partial charge in [0.25, 0.3) is 10.2 Å². The Labute approximate surface area is 194 Å². The van der Waals surface area contributed by atoms with Gasteiger partial charge in [-0.15, -0.1) is 0 Å². The summed E-state index contributed by atoms with van der Waals surface area (Å²) in [6, 6.07) is 7.27. The molecule has 2 aromatic rings. The molecular formula is C22H31FN6O3S. The van der Waals surface area contributed by atoms with E-state index in [1.807, 2.05) is 6.92 Å². The summed E-state index contributed by atoms with van der Waals surface area (Å²) in [6.07, 6.45) is 3.15. The summed E-state index contributed by atoms with van der Waals surface area (Å²) in [5.41, 5.74) is 2.40. The maximum atomic E-state index is 14.3. The van der Waals surface area contributed by atoms with E-state index in [4.69, 9.17) is 0 Å². The van der Waals surface area contributed by atoms with Crippen LogP contribution < -0.4 is 10.6 Å². The van der Waals surface area contributed by atoms with Crippen LogP contribution in [0.1, 0.15) is 24.1 Å². The number of pyridine rings is 1. The molecule has 1 saturated heterocycles. The Hall–Kier alpha value is -2.60. The summed E-state index contributed by atoms with van der Waals surface area (Å²) in [6.45, 7) is 3.63. The van der Waals surface area contributed by atoms with E-state index in [2.05, 4.69) is 20.5 Å². The van der Waals surface area contributed by atoms with Crippen molar-refractivity contribution in [2.75, 3.05) is 44.9 Å². The number of likely N-dealkylation sites (N-methyl/N-ethyl adjacent to an activating group) is 1. The van der Waals surface area contributed by atoms with Crippen LogP contribution in [-0.4, -0.2) is 73.2 Å². The Morgan fingerprint density at radius 3 is 2.58 bits per heavy atom. The maximum absolute atomic E-state index is 14.3. The van der Waals surface area contributed by atoms with Crippen LogP contribution in [0.2, 0.25) is 0 Å². The van der Waals surface area contributed by atoms with Gasteiger partial charge < -0.3 is 10.6 Å². The predicted molar refractivity (Wildman–Crippen MR) is 127 cm³/mol. The Balaban J connectivity index is 1.64. The molecule has 33 heavy (non-hydrogen) atoms. The van der Waals surface area contributed by atoms with Crippen LogP contribution in [0.4, 0.5) is 20.6 Å². The molecule has 1 aliphatic rings. The molecule has 9 nitrogen and oxygen atoms in total. The first-order valence-corrected chi connectivity index (χ1v) is 12.1. The fourth-order valence-electron chi connectivity index (χ4n) is 3.82. The van der Waals surface area contributed by atoms with Gasteiger partial charge in [0.15, 0.2) is 0 Å². The minimum Gasteiger partial charge on any atom is -0.308 e. The van der Waals surface area contributed by atoms with Crippen molar-refractivity contribution >= 4 is 27.6 Å². The smallest absolute Gasteiger partial charge is 0.308 e. The lowest BCUT2D eigenvalue weighted by Crippen LogP contribution is -2.50. The zero-order valence-corrected chi connectivity index (χ0v) is 20.2. The van der Waals surface area contributed by atoms with Crippen molar-refractivity contribution in [2.45, 2.75) is 32.4 Å². The molecule has 2 N–H and O–H groups in total. The number of carbonyl (C=O) groups excluding carboxylic acids is 1. The van der Waals surface area contributed by atoms with Gasteiger partial charge in [-0.25, -0.2) is 9.18 Å². The monoisotopic (exact) mass is 478 g/mol. The summed E-state index contributed by atoms with van der Waals surface area (Å²) in [5.74, 6) is -0.458. The van der Waals surface area contributed by atoms with Gasteiger partial charge in [-0.05, 0) is 62.2 Å². The SMILES string of the molecule is Cc1ccc(NC(=O)Nc2cc(F)cc(CN3CCCC(N(C)S(=O)(=O)N(C)C)C3)c2)cn1. The van der Waals surface area contributed by atoms with E-state index < -0.39 is 22.1 Å². The summed E-state index contributed by atoms with van der Waals surface area (Å²) in [7, 11) is 1.11. The van der Waals surface area contributed by atoms with Crippen LogP contribution in [0.15, 0.2) is 36.5 Å². The van der Waals surface area contributed by atoms with Gasteiger partial charge in [0.1, 0.15) is 5.82 Å². The van der Waals surface area contributed by atoms with E-state index in [-0.39, 0.29) is 6.04 Å². The first kappa shape index (κ1) is 25.0. The lowest BCUT2D eigenvalue weighted by molar-refractivity contribution is 0.150. The Kier molecular flexibility index (Phi) is 8.01. The highest BCUT2D eigenvalue weighted by Crippen LogP contribution is 2.22. The Morgan fingerprint density at radius 1 is 1.18 bits per heavy atom. The van der Waals surface area contributed by atoms with E-state index in [0.29, 0.717) is 30.0 Å². The number of hydrogen-bond donors (Lipinski definition) is 2. The molecule has 0 radical (unpaired) electrons. The van der Waals surface area contributed by atoms with E-state index in [0.717, 1.165) is 25.1 Å². The van der Waals surface area contributed by atoms with Gasteiger partial charge in [0, 0.05) is 51.7 Å². The van der Waals surface area contributed by atoms with Crippen LogP contribution in [0.25, 0.3) is 0 Å². The number of likely N-dealkylation sites (tertiary alicyclic amines) is 1. The maximum Gasteiger partial charge on any atom is 0.323 e. The van der Waals surface area contributed by atoms with E-state index in [1.165, 1.54) is 34.8 Å². The van der Waals surface area contributed by atoms with Gasteiger partial charge in [-0.2, -0.15) is 17.0 Å². The van der Waals surface area contributed by atoms with Gasteiger partial charge in [0.2, 0.25) is 0 Å². The number of benzene rings is 1. The second-order valence-corrected chi connectivity index (χ2v) is 10.7. The molecule has 11 heteroatoms. The molecule has 0 aliphatic carbocycles. The molecular weight excluding hydrogens is 447 g/mol. The van der Waals surface area contributed by atoms with E-state index in [9.17, 15) is 17.6 Å². The molecule has 1 unspecified atom stereocenters. The van der Waals surface area contributed by atoms with Gasteiger partial charge >= 0.3 is 6.03 Å². The van der Waals surface area contributed by atoms with E-state index in [1.54, 1.807) is 31.4 Å². The molecule has 0 spiro atoms. The van der Waals surface area contributed by atoms with Crippen LogP contribution in [0.3, 0.4) is 0 Å². The van der Waals surface area contributed by atoms with Crippen LogP contribution >= 0.6 is 0 Å². The van der Waals surface area contributed by atoms with Gasteiger partial charge in [0.05, 0.1) is 11.9 Å². The number of amides is 2. The third-order valence-electron chi connectivity index (χ3n) is 5.61. The minimum atomic E-state index is -3.51. The molecule has 1 aromatic carbocycles. The third-order valence-corrected chi connectivity index (χ3v) is 7.56. The average molecular weight is 479 g/mol. The average Bonchev–Trinajstić information content (AvgIpc) is 2.74. The fraction of sp³-hybridized carbons (Fsp3) is 0.455. The molecule has 2 amide bonds. The van der Waals surface area contributed by atoms with Crippen molar-refractivity contribution in [1.29, 1.82) is 0 Å². The number of carbonyl (C=O) groups is 1. The number of nitrogens with one attached hydrogen (secondary N) is 2. The molecule has 1 fully saturated rings. The lowest BCUT2D eigenvalue weighted by Gasteiger charge is -2.37. The highest BCUT2D eigenvalue weighted by molar-refractivity contribution is 7.86. The van der Waals surface area contributed by atoms with Crippen molar-refractivity contribution < 1.29 is 17.6 Å². The van der Waals surface area contributed by atoms with Crippen molar-refractivity contribution in [2.24, 2.45) is 0 Å². The number of aryl methyl sites for hydroxylation is 1. The molecule has 1 aromatic heterocycles. The number of piperidine rings is 1. The second-order valence-electron chi connectivity index (χ2n) is 8.45. The molecule has 1 aliphatic heterocycles. The molecule has 0 bridgehead atoms. The minimum absolute atomic E-state index is 0.161. The molecule has 3 rings (SSSR count). The van der Waals surface area contributed by atoms with Gasteiger partial charge in [-0.1, -0.05) is 0 Å². The molecule has 0 saturated carbocycles. The first-order valence-electron chi connectivity index (χ1n) is 10.7. The van der Waals surface area contributed by atoms with Crippen molar-refractivity contribution in [3.8, 4) is 0 Å². The summed E-state index contributed by atoms with van der Waals surface area (Å²) in [4.78, 5) is 18.5. The number of hydrogen-bond acceptors (Lipinski definition) is 5. The number of urea groups is 1. The normalized spacial score (nSPS) is 17.4. The highest BCUT2D eigenvalue weighted by Gasteiger charge is 2.31. The van der Waals surface area contributed by atoms with E-state index >= 15 is 0 Å². The second kappa shape index (κ2) is 10.6. The number of rotatable bonds is 7. The number of anilines is 2. The zero-order valence-electron chi connectivity index (χ0n) is 19.4. The Morgan fingerprint density at radius 2 is 1.91 bits per heavy atom. The summed E-state index contributed by atoms with van der Waals surface area (Å²) < 4.78 is 41.8. The van der Waals surface area contributed by atoms with Crippen molar-refractivity contribution in [3.05, 3.63) is 53.6 Å². The third kappa shape index (κ3) is 6.70. The first-order chi connectivity index (χ1) is 15.5.